The van der Waals surface area contributed by atoms with Crippen molar-refractivity contribution in [1.29, 1.82) is 0 Å². The lowest BCUT2D eigenvalue weighted by Crippen LogP contribution is -2.30. The van der Waals surface area contributed by atoms with Gasteiger partial charge in [0, 0.05) is 19.6 Å². The molecule has 25 heavy (non-hydrogen) atoms. The Bertz CT molecular complexity index is 737. The van der Waals surface area contributed by atoms with E-state index in [1.54, 1.807) is 13.0 Å². The fraction of sp³-hybridized carbons (Fsp3) is 0.400. The van der Waals surface area contributed by atoms with Crippen molar-refractivity contribution in [2.45, 2.75) is 39.0 Å². The second kappa shape index (κ2) is 9.79. The van der Waals surface area contributed by atoms with Crippen molar-refractivity contribution in [1.82, 2.24) is 5.32 Å². The molecular weight excluding hydrogens is 318 g/mol. The number of rotatable bonds is 9. The molecule has 5 nitrogen and oxygen atoms in total. The molecule has 0 saturated heterocycles. The number of aliphatic hydroxyl groups excluding tert-OH is 1. The topological polar surface area (TPSA) is 79.5 Å². The van der Waals surface area contributed by atoms with E-state index in [9.17, 15) is 9.59 Å². The monoisotopic (exact) mass is 343 g/mol. The van der Waals surface area contributed by atoms with E-state index >= 15 is 0 Å². The summed E-state index contributed by atoms with van der Waals surface area (Å²) in [6, 6.07) is 11.9. The molecule has 2 aromatic rings. The van der Waals surface area contributed by atoms with Crippen LogP contribution in [0.5, 0.6) is 0 Å². The number of nitrogens with one attached hydrogen (secondary N) is 1. The van der Waals surface area contributed by atoms with Crippen molar-refractivity contribution < 1.29 is 14.3 Å². The highest BCUT2D eigenvalue weighted by molar-refractivity contribution is 5.95. The lowest BCUT2D eigenvalue weighted by atomic mass is 10.1. The van der Waals surface area contributed by atoms with Crippen LogP contribution < -0.4 is 10.9 Å². The third-order valence-corrected chi connectivity index (χ3v) is 4.03. The van der Waals surface area contributed by atoms with Crippen LogP contribution >= 0.6 is 0 Å². The summed E-state index contributed by atoms with van der Waals surface area (Å²) >= 11 is 0. The number of hydrogen-bond donors (Lipinski definition) is 2. The van der Waals surface area contributed by atoms with E-state index < -0.39 is 11.5 Å². The third kappa shape index (κ3) is 5.87. The van der Waals surface area contributed by atoms with E-state index in [0.29, 0.717) is 37.1 Å². The molecule has 0 atom stereocenters. The molecule has 1 aromatic heterocycles. The Morgan fingerprint density at radius 2 is 1.88 bits per heavy atom. The average Bonchev–Trinajstić information content (AvgIpc) is 2.59. The van der Waals surface area contributed by atoms with Gasteiger partial charge < -0.3 is 14.8 Å². The van der Waals surface area contributed by atoms with Gasteiger partial charge in [-0.15, -0.1) is 0 Å². The van der Waals surface area contributed by atoms with Crippen LogP contribution in [-0.2, 0) is 12.8 Å². The predicted octanol–water partition coefficient (Wildman–Crippen LogP) is 2.63. The summed E-state index contributed by atoms with van der Waals surface area (Å²) in [5, 5.41) is 11.4. The molecule has 0 saturated carbocycles. The molecule has 0 aliphatic carbocycles. The Morgan fingerprint density at radius 1 is 1.12 bits per heavy atom. The fourth-order valence-corrected chi connectivity index (χ4v) is 2.71. The summed E-state index contributed by atoms with van der Waals surface area (Å²) in [5.74, 6) is 0.190. The number of aryl methyl sites for hydroxylation is 3. The van der Waals surface area contributed by atoms with Crippen LogP contribution in [-0.4, -0.2) is 24.2 Å². The Kier molecular flexibility index (Phi) is 7.41. The number of carbonyl (C=O) groups excluding carboxylic acids is 1. The highest BCUT2D eigenvalue weighted by atomic mass is 16.4. The summed E-state index contributed by atoms with van der Waals surface area (Å²) in [7, 11) is 0. The van der Waals surface area contributed by atoms with Crippen molar-refractivity contribution in [2.24, 2.45) is 0 Å². The van der Waals surface area contributed by atoms with Crippen LogP contribution in [0.15, 0.2) is 45.6 Å². The first kappa shape index (κ1) is 18.9. The maximum Gasteiger partial charge on any atom is 0.349 e. The number of unbranched alkanes of at least 4 members (excludes halogenated alkanes) is 1. The third-order valence-electron chi connectivity index (χ3n) is 4.03. The predicted molar refractivity (Wildman–Crippen MR) is 96.8 cm³/mol. The van der Waals surface area contributed by atoms with Gasteiger partial charge in [0.05, 0.1) is 0 Å². The second-order valence-electron chi connectivity index (χ2n) is 6.08. The van der Waals surface area contributed by atoms with Crippen molar-refractivity contribution in [3.05, 3.63) is 69.3 Å². The highest BCUT2D eigenvalue weighted by Gasteiger charge is 2.16. The van der Waals surface area contributed by atoms with Gasteiger partial charge >= 0.3 is 5.63 Å². The normalized spacial score (nSPS) is 10.6. The minimum absolute atomic E-state index is 0.0656. The molecule has 1 heterocycles. The van der Waals surface area contributed by atoms with E-state index in [0.717, 1.165) is 12.8 Å². The van der Waals surface area contributed by atoms with E-state index in [1.807, 2.05) is 18.2 Å². The van der Waals surface area contributed by atoms with Crippen LogP contribution in [0.2, 0.25) is 0 Å². The summed E-state index contributed by atoms with van der Waals surface area (Å²) in [5.41, 5.74) is 1.36. The van der Waals surface area contributed by atoms with Gasteiger partial charge in [-0.25, -0.2) is 4.79 Å². The Labute approximate surface area is 147 Å². The van der Waals surface area contributed by atoms with E-state index in [1.165, 1.54) is 5.56 Å². The molecule has 0 spiro atoms. The first-order valence-electron chi connectivity index (χ1n) is 8.68. The molecule has 0 unspecified atom stereocenters. The zero-order chi connectivity index (χ0) is 18.1. The molecule has 134 valence electrons. The molecule has 0 radical (unpaired) electrons. The van der Waals surface area contributed by atoms with Crippen molar-refractivity contribution >= 4 is 5.91 Å². The minimum atomic E-state index is -0.589. The molecule has 2 N–H and O–H groups in total. The van der Waals surface area contributed by atoms with Gasteiger partial charge in [-0.2, -0.15) is 0 Å². The first-order valence-corrected chi connectivity index (χ1v) is 8.68. The van der Waals surface area contributed by atoms with Crippen LogP contribution in [0.4, 0.5) is 0 Å². The Balaban J connectivity index is 1.94. The molecule has 1 amide bonds. The van der Waals surface area contributed by atoms with Crippen LogP contribution in [0, 0.1) is 6.92 Å². The smallest absolute Gasteiger partial charge is 0.349 e. The molecule has 0 aliphatic rings. The minimum Gasteiger partial charge on any atom is -0.427 e. The Hall–Kier alpha value is -2.40. The van der Waals surface area contributed by atoms with Gasteiger partial charge in [0.2, 0.25) is 0 Å². The maximum absolute atomic E-state index is 12.2. The van der Waals surface area contributed by atoms with Gasteiger partial charge in [-0.05, 0) is 49.8 Å². The fourth-order valence-electron chi connectivity index (χ4n) is 2.71. The van der Waals surface area contributed by atoms with Gasteiger partial charge in [-0.3, -0.25) is 4.79 Å². The van der Waals surface area contributed by atoms with Gasteiger partial charge in [-0.1, -0.05) is 30.3 Å². The van der Waals surface area contributed by atoms with Gasteiger partial charge in [0.25, 0.3) is 5.91 Å². The average molecular weight is 343 g/mol. The number of carbonyl (C=O) groups is 1. The maximum atomic E-state index is 12.2. The lowest BCUT2D eigenvalue weighted by molar-refractivity contribution is 0.0947. The molecule has 1 aromatic carbocycles. The quantitative estimate of drug-likeness (QED) is 0.686. The van der Waals surface area contributed by atoms with E-state index in [2.05, 4.69) is 17.4 Å². The Morgan fingerprint density at radius 3 is 2.56 bits per heavy atom. The molecule has 2 rings (SSSR count). The van der Waals surface area contributed by atoms with E-state index in [-0.39, 0.29) is 12.2 Å². The number of aliphatic hydroxyl groups is 1. The van der Waals surface area contributed by atoms with E-state index in [4.69, 9.17) is 9.52 Å². The van der Waals surface area contributed by atoms with Crippen LogP contribution in [0.3, 0.4) is 0 Å². The molecular formula is C20H25NO4. The highest BCUT2D eigenvalue weighted by Crippen LogP contribution is 2.11. The largest absolute Gasteiger partial charge is 0.427 e. The second-order valence-corrected chi connectivity index (χ2v) is 6.08. The SMILES string of the molecule is Cc1cc(CCCc2ccccc2)oc(=O)c1C(=O)NCCCCO. The van der Waals surface area contributed by atoms with Crippen molar-refractivity contribution in [3.63, 3.8) is 0 Å². The number of amides is 1. The summed E-state index contributed by atoms with van der Waals surface area (Å²) in [4.78, 5) is 24.3. The first-order chi connectivity index (χ1) is 12.1. The molecule has 0 fully saturated rings. The van der Waals surface area contributed by atoms with Crippen molar-refractivity contribution in [2.75, 3.05) is 13.2 Å². The summed E-state index contributed by atoms with van der Waals surface area (Å²) in [6.07, 6.45) is 3.73. The standard InChI is InChI=1S/C20H25NO4/c1-15-14-17(11-7-10-16-8-3-2-4-9-16)25-20(24)18(15)19(23)21-12-5-6-13-22/h2-4,8-9,14,22H,5-7,10-13H2,1H3,(H,21,23). The van der Waals surface area contributed by atoms with Gasteiger partial charge in [0.1, 0.15) is 11.3 Å². The summed E-state index contributed by atoms with van der Waals surface area (Å²) in [6.45, 7) is 2.27. The van der Waals surface area contributed by atoms with Gasteiger partial charge in [0.15, 0.2) is 0 Å². The van der Waals surface area contributed by atoms with Crippen LogP contribution in [0.25, 0.3) is 0 Å². The number of benzene rings is 1. The molecule has 5 heteroatoms. The lowest BCUT2D eigenvalue weighted by Gasteiger charge is -2.08. The number of hydrogen-bond acceptors (Lipinski definition) is 4. The van der Waals surface area contributed by atoms with Crippen LogP contribution in [0.1, 0.15) is 46.5 Å². The summed E-state index contributed by atoms with van der Waals surface area (Å²) < 4.78 is 5.32. The molecule has 0 aliphatic heterocycles. The zero-order valence-electron chi connectivity index (χ0n) is 14.6. The zero-order valence-corrected chi connectivity index (χ0v) is 14.6. The van der Waals surface area contributed by atoms with Crippen molar-refractivity contribution in [3.8, 4) is 0 Å². The molecule has 0 bridgehead atoms.